The Morgan fingerprint density at radius 2 is 1.43 bits per heavy atom. The molecule has 0 aromatic heterocycles. The van der Waals surface area contributed by atoms with Crippen LogP contribution in [0.25, 0.3) is 5.57 Å². The van der Waals surface area contributed by atoms with Crippen LogP contribution in [0.4, 0.5) is 11.4 Å². The molecular weight excluding hydrogens is 440 g/mol. The lowest BCUT2D eigenvalue weighted by Gasteiger charge is -2.15. The number of hydrogen-bond acceptors (Lipinski definition) is 3. The first-order valence-corrected chi connectivity index (χ1v) is 10.6. The molecule has 0 saturated heterocycles. The van der Waals surface area contributed by atoms with Gasteiger partial charge in [-0.1, -0.05) is 72.2 Å². The molecule has 0 radical (unpaired) electrons. The summed E-state index contributed by atoms with van der Waals surface area (Å²) < 4.78 is 0.880. The number of carbonyl (C=O) groups is 2. The van der Waals surface area contributed by atoms with Crippen molar-refractivity contribution in [2.45, 2.75) is 19.8 Å². The van der Waals surface area contributed by atoms with Gasteiger partial charge in [-0.2, -0.15) is 0 Å². The van der Waals surface area contributed by atoms with E-state index in [-0.39, 0.29) is 17.5 Å². The SMILES string of the molecule is CC(C)c1ccc(NC2=C(c3ccccc3)C(=O)N(c3ccc(Br)cc3)C2=O)cc1. The third-order valence-corrected chi connectivity index (χ3v) is 5.61. The van der Waals surface area contributed by atoms with Crippen LogP contribution in [0.15, 0.2) is 89.0 Å². The van der Waals surface area contributed by atoms with Crippen LogP contribution in [-0.2, 0) is 9.59 Å². The lowest BCUT2D eigenvalue weighted by atomic mass is 10.0. The Hall–Kier alpha value is -3.18. The van der Waals surface area contributed by atoms with Gasteiger partial charge in [-0.05, 0) is 53.4 Å². The minimum Gasteiger partial charge on any atom is -0.350 e. The molecule has 0 fully saturated rings. The second-order valence-corrected chi connectivity index (χ2v) is 8.36. The quantitative estimate of drug-likeness (QED) is 0.477. The van der Waals surface area contributed by atoms with E-state index >= 15 is 0 Å². The van der Waals surface area contributed by atoms with Crippen LogP contribution in [-0.4, -0.2) is 11.8 Å². The van der Waals surface area contributed by atoms with Gasteiger partial charge >= 0.3 is 0 Å². The highest BCUT2D eigenvalue weighted by atomic mass is 79.9. The van der Waals surface area contributed by atoms with Crippen molar-refractivity contribution in [1.29, 1.82) is 0 Å². The largest absolute Gasteiger partial charge is 0.350 e. The maximum Gasteiger partial charge on any atom is 0.282 e. The Kier molecular flexibility index (Phi) is 5.55. The number of nitrogens with zero attached hydrogens (tertiary/aromatic N) is 1. The van der Waals surface area contributed by atoms with Crippen molar-refractivity contribution in [3.8, 4) is 0 Å². The van der Waals surface area contributed by atoms with Gasteiger partial charge in [0, 0.05) is 10.2 Å². The third kappa shape index (κ3) is 3.81. The molecule has 4 rings (SSSR count). The Morgan fingerprint density at radius 1 is 0.800 bits per heavy atom. The molecule has 1 aliphatic heterocycles. The van der Waals surface area contributed by atoms with E-state index < -0.39 is 0 Å². The summed E-state index contributed by atoms with van der Waals surface area (Å²) in [4.78, 5) is 27.9. The second kappa shape index (κ2) is 8.28. The first-order valence-electron chi connectivity index (χ1n) is 9.76. The molecule has 1 heterocycles. The van der Waals surface area contributed by atoms with Crippen molar-refractivity contribution in [2.75, 3.05) is 10.2 Å². The van der Waals surface area contributed by atoms with Crippen molar-refractivity contribution in [2.24, 2.45) is 0 Å². The Morgan fingerprint density at radius 3 is 2.03 bits per heavy atom. The highest BCUT2D eigenvalue weighted by molar-refractivity contribution is 9.10. The van der Waals surface area contributed by atoms with Gasteiger partial charge in [0.15, 0.2) is 0 Å². The predicted octanol–water partition coefficient (Wildman–Crippen LogP) is 5.97. The minimum atomic E-state index is -0.367. The van der Waals surface area contributed by atoms with Gasteiger partial charge in [0.25, 0.3) is 11.8 Å². The molecule has 0 aliphatic carbocycles. The van der Waals surface area contributed by atoms with E-state index in [2.05, 4.69) is 35.1 Å². The number of benzene rings is 3. The van der Waals surface area contributed by atoms with Crippen LogP contribution >= 0.6 is 15.9 Å². The Balaban J connectivity index is 1.76. The number of carbonyl (C=O) groups excluding carboxylic acids is 2. The van der Waals surface area contributed by atoms with E-state index in [1.54, 1.807) is 12.1 Å². The fourth-order valence-corrected chi connectivity index (χ4v) is 3.70. The number of rotatable bonds is 5. The van der Waals surface area contributed by atoms with Crippen LogP contribution in [0, 0.1) is 0 Å². The number of halogens is 1. The highest BCUT2D eigenvalue weighted by Gasteiger charge is 2.40. The molecule has 2 amide bonds. The summed E-state index contributed by atoms with van der Waals surface area (Å²) in [6.07, 6.45) is 0. The number of imide groups is 1. The zero-order chi connectivity index (χ0) is 21.3. The molecule has 30 heavy (non-hydrogen) atoms. The molecule has 0 spiro atoms. The van der Waals surface area contributed by atoms with Gasteiger partial charge in [-0.15, -0.1) is 0 Å². The molecule has 150 valence electrons. The first kappa shape index (κ1) is 20.1. The van der Waals surface area contributed by atoms with E-state index in [4.69, 9.17) is 0 Å². The molecule has 4 nitrogen and oxygen atoms in total. The zero-order valence-corrected chi connectivity index (χ0v) is 18.3. The van der Waals surface area contributed by atoms with Crippen LogP contribution in [0.3, 0.4) is 0 Å². The summed E-state index contributed by atoms with van der Waals surface area (Å²) in [6, 6.07) is 24.4. The highest BCUT2D eigenvalue weighted by Crippen LogP contribution is 2.34. The Bertz CT molecular complexity index is 1120. The van der Waals surface area contributed by atoms with Crippen molar-refractivity contribution >= 4 is 44.7 Å². The van der Waals surface area contributed by atoms with Gasteiger partial charge in [0.2, 0.25) is 0 Å². The van der Waals surface area contributed by atoms with Crippen molar-refractivity contribution in [1.82, 2.24) is 0 Å². The number of amides is 2. The molecule has 0 atom stereocenters. The lowest BCUT2D eigenvalue weighted by Crippen LogP contribution is -2.32. The number of hydrogen-bond donors (Lipinski definition) is 1. The molecule has 1 aliphatic rings. The molecule has 5 heteroatoms. The average molecular weight is 461 g/mol. The van der Waals surface area contributed by atoms with Crippen LogP contribution in [0.2, 0.25) is 0 Å². The first-order chi connectivity index (χ1) is 14.5. The van der Waals surface area contributed by atoms with E-state index in [9.17, 15) is 9.59 Å². The predicted molar refractivity (Wildman–Crippen MR) is 124 cm³/mol. The summed E-state index contributed by atoms with van der Waals surface area (Å²) in [5.74, 6) is -0.287. The fourth-order valence-electron chi connectivity index (χ4n) is 3.44. The minimum absolute atomic E-state index is 0.284. The molecule has 0 unspecified atom stereocenters. The van der Waals surface area contributed by atoms with Crippen molar-refractivity contribution in [3.63, 3.8) is 0 Å². The van der Waals surface area contributed by atoms with Gasteiger partial charge in [-0.3, -0.25) is 9.59 Å². The summed E-state index contributed by atoms with van der Waals surface area (Å²) in [6.45, 7) is 4.27. The summed E-state index contributed by atoms with van der Waals surface area (Å²) in [5, 5.41) is 3.21. The number of anilines is 2. The Labute approximate surface area is 184 Å². The van der Waals surface area contributed by atoms with E-state index in [1.807, 2.05) is 66.7 Å². The van der Waals surface area contributed by atoms with Crippen LogP contribution in [0.5, 0.6) is 0 Å². The average Bonchev–Trinajstić information content (AvgIpc) is 2.99. The topological polar surface area (TPSA) is 49.4 Å². The third-order valence-electron chi connectivity index (χ3n) is 5.08. The molecule has 3 aromatic carbocycles. The van der Waals surface area contributed by atoms with Crippen molar-refractivity contribution in [3.05, 3.63) is 100 Å². The second-order valence-electron chi connectivity index (χ2n) is 7.44. The van der Waals surface area contributed by atoms with Gasteiger partial charge in [0.1, 0.15) is 5.70 Å². The van der Waals surface area contributed by atoms with E-state index in [0.717, 1.165) is 10.2 Å². The number of nitrogens with one attached hydrogen (secondary N) is 1. The van der Waals surface area contributed by atoms with E-state index in [1.165, 1.54) is 10.5 Å². The summed E-state index contributed by atoms with van der Waals surface area (Å²) in [7, 11) is 0. The van der Waals surface area contributed by atoms with Crippen LogP contribution in [0.1, 0.15) is 30.9 Å². The summed E-state index contributed by atoms with van der Waals surface area (Å²) in [5.41, 5.74) is 3.87. The lowest BCUT2D eigenvalue weighted by molar-refractivity contribution is -0.120. The van der Waals surface area contributed by atoms with E-state index in [0.29, 0.717) is 22.7 Å². The molecule has 1 N–H and O–H groups in total. The van der Waals surface area contributed by atoms with Crippen LogP contribution < -0.4 is 10.2 Å². The normalized spacial score (nSPS) is 14.1. The maximum atomic E-state index is 13.3. The molecule has 3 aromatic rings. The molecule has 0 saturated carbocycles. The standard InChI is InChI=1S/C25H21BrN2O2/c1-16(2)17-8-12-20(13-9-17)27-23-22(18-6-4-3-5-7-18)24(29)28(25(23)30)21-14-10-19(26)11-15-21/h3-16,27H,1-2H3. The molecular formula is C25H21BrN2O2. The smallest absolute Gasteiger partial charge is 0.282 e. The van der Waals surface area contributed by atoms with Gasteiger partial charge in [-0.25, -0.2) is 4.90 Å². The maximum absolute atomic E-state index is 13.3. The summed E-state index contributed by atoms with van der Waals surface area (Å²) >= 11 is 3.39. The van der Waals surface area contributed by atoms with Crippen molar-refractivity contribution < 1.29 is 9.59 Å². The zero-order valence-electron chi connectivity index (χ0n) is 16.7. The molecule has 0 bridgehead atoms. The fraction of sp³-hybridized carbons (Fsp3) is 0.120. The van der Waals surface area contributed by atoms with Gasteiger partial charge < -0.3 is 5.32 Å². The van der Waals surface area contributed by atoms with Gasteiger partial charge in [0.05, 0.1) is 11.3 Å². The monoisotopic (exact) mass is 460 g/mol.